The number of halogens is 2. The van der Waals surface area contributed by atoms with Crippen LogP contribution in [0, 0.1) is 5.82 Å². The average Bonchev–Trinajstić information content (AvgIpc) is 3.26. The molecule has 0 amide bonds. The fraction of sp³-hybridized carbons (Fsp3) is 0.125. The Hall–Kier alpha value is -3.40. The summed E-state index contributed by atoms with van der Waals surface area (Å²) in [5.74, 6) is 0.641. The van der Waals surface area contributed by atoms with Crippen LogP contribution in [0.25, 0.3) is 10.9 Å². The maximum Gasteiger partial charge on any atom is 0.252 e. The van der Waals surface area contributed by atoms with Gasteiger partial charge >= 0.3 is 0 Å². The molecule has 1 N–H and O–H groups in total. The number of ether oxygens (including phenoxy) is 2. The predicted molar refractivity (Wildman–Crippen MR) is 125 cm³/mol. The summed E-state index contributed by atoms with van der Waals surface area (Å²) in [6, 6.07) is 16.3. The van der Waals surface area contributed by atoms with E-state index in [0.717, 1.165) is 0 Å². The van der Waals surface area contributed by atoms with Gasteiger partial charge in [0, 0.05) is 35.1 Å². The highest BCUT2D eigenvalue weighted by molar-refractivity contribution is 7.89. The minimum atomic E-state index is -4.02. The van der Waals surface area contributed by atoms with Crippen molar-refractivity contribution in [2.45, 2.75) is 18.0 Å². The minimum Gasteiger partial charge on any atom is -0.454 e. The minimum absolute atomic E-state index is 0.0274. The average molecular weight is 501 g/mol. The largest absolute Gasteiger partial charge is 0.454 e. The van der Waals surface area contributed by atoms with Crippen LogP contribution in [0.3, 0.4) is 0 Å². The molecule has 0 fully saturated rings. The van der Waals surface area contributed by atoms with E-state index in [1.807, 2.05) is 0 Å². The number of rotatable bonds is 6. The molecule has 0 radical (unpaired) electrons. The van der Waals surface area contributed by atoms with Crippen molar-refractivity contribution in [2.24, 2.45) is 0 Å². The Bertz CT molecular complexity index is 1540. The molecule has 1 aromatic heterocycles. The zero-order chi connectivity index (χ0) is 23.9. The van der Waals surface area contributed by atoms with Crippen LogP contribution in [-0.4, -0.2) is 24.5 Å². The summed E-state index contributed by atoms with van der Waals surface area (Å²) in [7, 11) is -4.02. The summed E-state index contributed by atoms with van der Waals surface area (Å²) in [6.45, 7) is -0.181. The molecule has 174 valence electrons. The number of nitrogens with zero attached hydrogens (tertiary/aromatic N) is 1. The van der Waals surface area contributed by atoms with Crippen molar-refractivity contribution in [3.8, 4) is 11.5 Å². The molecule has 34 heavy (non-hydrogen) atoms. The summed E-state index contributed by atoms with van der Waals surface area (Å²) in [5, 5.41) is 1.07. The predicted octanol–water partition coefficient (Wildman–Crippen LogP) is 4.44. The van der Waals surface area contributed by atoms with E-state index in [4.69, 9.17) is 21.1 Å². The van der Waals surface area contributed by atoms with Gasteiger partial charge in [-0.2, -0.15) is 4.31 Å². The molecular formula is C24H18ClFN2O5S. The van der Waals surface area contributed by atoms with Crippen LogP contribution >= 0.6 is 11.6 Å². The first-order chi connectivity index (χ1) is 16.3. The third-order valence-electron chi connectivity index (χ3n) is 5.48. The lowest BCUT2D eigenvalue weighted by Crippen LogP contribution is -2.32. The highest BCUT2D eigenvalue weighted by atomic mass is 35.5. The van der Waals surface area contributed by atoms with Crippen LogP contribution in [0.5, 0.6) is 11.5 Å². The van der Waals surface area contributed by atoms with Crippen LogP contribution < -0.4 is 15.0 Å². The molecule has 5 rings (SSSR count). The van der Waals surface area contributed by atoms with Crippen LogP contribution in [0.15, 0.2) is 76.4 Å². The van der Waals surface area contributed by atoms with Gasteiger partial charge in [0.05, 0.1) is 10.4 Å². The van der Waals surface area contributed by atoms with Gasteiger partial charge in [0.1, 0.15) is 5.82 Å². The molecule has 7 nitrogen and oxygen atoms in total. The van der Waals surface area contributed by atoms with Crippen molar-refractivity contribution < 1.29 is 22.3 Å². The molecule has 4 aromatic rings. The number of H-pyrrole nitrogens is 1. The van der Waals surface area contributed by atoms with Crippen molar-refractivity contribution in [1.29, 1.82) is 0 Å². The molecule has 0 atom stereocenters. The summed E-state index contributed by atoms with van der Waals surface area (Å²) in [5.41, 5.74) is 0.927. The van der Waals surface area contributed by atoms with Gasteiger partial charge in [-0.3, -0.25) is 4.79 Å². The number of aromatic amines is 1. The second-order valence-electron chi connectivity index (χ2n) is 7.77. The maximum atomic E-state index is 13.5. The van der Waals surface area contributed by atoms with Gasteiger partial charge in [-0.1, -0.05) is 23.7 Å². The second-order valence-corrected chi connectivity index (χ2v) is 10.1. The van der Waals surface area contributed by atoms with E-state index < -0.39 is 21.4 Å². The first kappa shape index (κ1) is 22.4. The van der Waals surface area contributed by atoms with E-state index in [9.17, 15) is 17.6 Å². The van der Waals surface area contributed by atoms with E-state index in [-0.39, 0.29) is 30.3 Å². The first-order valence-electron chi connectivity index (χ1n) is 10.3. The van der Waals surface area contributed by atoms with E-state index >= 15 is 0 Å². The van der Waals surface area contributed by atoms with Crippen molar-refractivity contribution >= 4 is 32.5 Å². The van der Waals surface area contributed by atoms with Crippen molar-refractivity contribution in [3.63, 3.8) is 0 Å². The summed E-state index contributed by atoms with van der Waals surface area (Å²) in [4.78, 5) is 15.7. The molecule has 10 heteroatoms. The number of pyridine rings is 1. The van der Waals surface area contributed by atoms with Crippen LogP contribution in [-0.2, 0) is 23.1 Å². The zero-order valence-electron chi connectivity index (χ0n) is 17.6. The van der Waals surface area contributed by atoms with Gasteiger partial charge in [-0.05, 0) is 54.1 Å². The van der Waals surface area contributed by atoms with E-state index in [1.54, 1.807) is 18.2 Å². The number of sulfonamides is 1. The molecule has 0 spiro atoms. The Morgan fingerprint density at radius 1 is 0.941 bits per heavy atom. The van der Waals surface area contributed by atoms with Gasteiger partial charge in [0.25, 0.3) is 5.56 Å². The molecule has 1 aliphatic heterocycles. The molecular weight excluding hydrogens is 483 g/mol. The topological polar surface area (TPSA) is 88.7 Å². The molecule has 0 bridgehead atoms. The van der Waals surface area contributed by atoms with Gasteiger partial charge in [-0.25, -0.2) is 12.8 Å². The number of benzene rings is 3. The second kappa shape index (κ2) is 8.75. The smallest absolute Gasteiger partial charge is 0.252 e. The third-order valence-corrected chi connectivity index (χ3v) is 7.54. The quantitative estimate of drug-likeness (QED) is 0.423. The molecule has 0 aliphatic carbocycles. The van der Waals surface area contributed by atoms with Crippen LogP contribution in [0.4, 0.5) is 4.39 Å². The number of hydrogen-bond donors (Lipinski definition) is 1. The molecule has 0 saturated heterocycles. The number of nitrogens with one attached hydrogen (secondary N) is 1. The zero-order valence-corrected chi connectivity index (χ0v) is 19.2. The molecule has 2 heterocycles. The fourth-order valence-electron chi connectivity index (χ4n) is 3.72. The summed E-state index contributed by atoms with van der Waals surface area (Å²) in [6.07, 6.45) is 0. The van der Waals surface area contributed by atoms with Crippen molar-refractivity contribution in [1.82, 2.24) is 9.29 Å². The van der Waals surface area contributed by atoms with E-state index in [1.165, 1.54) is 52.8 Å². The Morgan fingerprint density at radius 3 is 2.32 bits per heavy atom. The Kier molecular flexibility index (Phi) is 5.76. The maximum absolute atomic E-state index is 13.5. The summed E-state index contributed by atoms with van der Waals surface area (Å²) >= 11 is 5.92. The highest BCUT2D eigenvalue weighted by Crippen LogP contribution is 2.35. The lowest BCUT2D eigenvalue weighted by atomic mass is 10.1. The number of aromatic nitrogens is 1. The lowest BCUT2D eigenvalue weighted by molar-refractivity contribution is 0.174. The van der Waals surface area contributed by atoms with Crippen LogP contribution in [0.2, 0.25) is 5.02 Å². The van der Waals surface area contributed by atoms with E-state index in [0.29, 0.717) is 33.0 Å². The monoisotopic (exact) mass is 500 g/mol. The molecule has 1 aliphatic rings. The highest BCUT2D eigenvalue weighted by Gasteiger charge is 2.26. The Morgan fingerprint density at radius 2 is 1.62 bits per heavy atom. The van der Waals surface area contributed by atoms with Gasteiger partial charge in [0.15, 0.2) is 11.5 Å². The number of fused-ring (bicyclic) bond motifs is 2. The first-order valence-corrected chi connectivity index (χ1v) is 12.1. The molecule has 3 aromatic carbocycles. The van der Waals surface area contributed by atoms with Crippen molar-refractivity contribution in [3.05, 3.63) is 99.1 Å². The number of hydrogen-bond acceptors (Lipinski definition) is 5. The van der Waals surface area contributed by atoms with Crippen LogP contribution in [0.1, 0.15) is 11.1 Å². The van der Waals surface area contributed by atoms with E-state index in [2.05, 4.69) is 4.98 Å². The third kappa shape index (κ3) is 4.37. The summed E-state index contributed by atoms with van der Waals surface area (Å²) < 4.78 is 52.3. The fourth-order valence-corrected chi connectivity index (χ4v) is 5.26. The SMILES string of the molecule is O=c1[nH]c2cc3c(cc2cc1CN(Cc1ccc(F)cc1)S(=O)(=O)c1ccc(Cl)cc1)OCO3. The Labute approximate surface area is 199 Å². The van der Waals surface area contributed by atoms with Gasteiger partial charge in [-0.15, -0.1) is 0 Å². The Balaban J connectivity index is 1.56. The molecule has 0 unspecified atom stereocenters. The van der Waals surface area contributed by atoms with Gasteiger partial charge in [0.2, 0.25) is 16.8 Å². The lowest BCUT2D eigenvalue weighted by Gasteiger charge is -2.22. The van der Waals surface area contributed by atoms with Gasteiger partial charge < -0.3 is 14.5 Å². The normalized spacial score (nSPS) is 13.0. The molecule has 0 saturated carbocycles. The van der Waals surface area contributed by atoms with Crippen molar-refractivity contribution in [2.75, 3.05) is 6.79 Å². The standard InChI is InChI=1S/C24H18ClFN2O5S/c25-18-3-7-20(8-4-18)34(30,31)28(12-15-1-5-19(26)6-2-15)13-17-9-16-10-22-23(33-14-32-22)11-21(16)27-24(17)29/h1-11H,12-14H2,(H,27,29).